The van der Waals surface area contributed by atoms with Crippen LogP contribution in [0.4, 0.5) is 5.69 Å². The number of hydrogen-bond acceptors (Lipinski definition) is 5. The van der Waals surface area contributed by atoms with E-state index in [4.69, 9.17) is 11.6 Å². The van der Waals surface area contributed by atoms with Crippen LogP contribution in [0.2, 0.25) is 5.02 Å². The molecule has 5 nitrogen and oxygen atoms in total. The van der Waals surface area contributed by atoms with E-state index >= 15 is 0 Å². The van der Waals surface area contributed by atoms with E-state index in [0.717, 1.165) is 32.3 Å². The highest BCUT2D eigenvalue weighted by molar-refractivity contribution is 8.01. The van der Waals surface area contributed by atoms with Gasteiger partial charge in [0.15, 0.2) is 5.16 Å². The molecule has 8 heteroatoms. The molecule has 0 fully saturated rings. The standard InChI is InChI=1S/C19H17ClN4OS2/c1-24-17(10-16-18(25)21-14-4-2-3-5-15(14)27-16)22-23-19(24)26-11-12-6-8-13(20)9-7-12/h2-9,16H,10-11H2,1H3,(H,21,25). The highest BCUT2D eigenvalue weighted by Crippen LogP contribution is 2.36. The van der Waals surface area contributed by atoms with Crippen molar-refractivity contribution in [3.05, 3.63) is 64.9 Å². The quantitative estimate of drug-likeness (QED) is 0.624. The van der Waals surface area contributed by atoms with E-state index in [-0.39, 0.29) is 11.2 Å². The number of hydrogen-bond donors (Lipinski definition) is 1. The van der Waals surface area contributed by atoms with Crippen LogP contribution in [0.3, 0.4) is 0 Å². The van der Waals surface area contributed by atoms with Gasteiger partial charge in [0, 0.05) is 29.1 Å². The predicted octanol–water partition coefficient (Wildman–Crippen LogP) is 4.42. The van der Waals surface area contributed by atoms with Crippen molar-refractivity contribution in [1.82, 2.24) is 14.8 Å². The Bertz CT molecular complexity index is 974. The van der Waals surface area contributed by atoms with Crippen molar-refractivity contribution in [3.63, 3.8) is 0 Å². The predicted molar refractivity (Wildman–Crippen MR) is 110 cm³/mol. The first-order chi connectivity index (χ1) is 13.1. The van der Waals surface area contributed by atoms with Crippen molar-refractivity contribution >= 4 is 46.7 Å². The topological polar surface area (TPSA) is 59.8 Å². The normalized spacial score (nSPS) is 16.1. The van der Waals surface area contributed by atoms with Gasteiger partial charge in [-0.3, -0.25) is 4.79 Å². The molecule has 1 unspecified atom stereocenters. The average molecular weight is 417 g/mol. The third-order valence-corrected chi connectivity index (χ3v) is 6.90. The molecule has 1 aliphatic rings. The fraction of sp³-hybridized carbons (Fsp3) is 0.211. The summed E-state index contributed by atoms with van der Waals surface area (Å²) >= 11 is 9.12. The number of anilines is 1. The minimum atomic E-state index is -0.211. The zero-order valence-corrected chi connectivity index (χ0v) is 16.9. The summed E-state index contributed by atoms with van der Waals surface area (Å²) in [5.74, 6) is 1.60. The van der Waals surface area contributed by atoms with Crippen LogP contribution >= 0.6 is 35.1 Å². The van der Waals surface area contributed by atoms with E-state index in [9.17, 15) is 4.79 Å². The summed E-state index contributed by atoms with van der Waals surface area (Å²) in [5.41, 5.74) is 2.05. The number of fused-ring (bicyclic) bond motifs is 1. The number of thioether (sulfide) groups is 2. The Morgan fingerprint density at radius 2 is 1.96 bits per heavy atom. The summed E-state index contributed by atoms with van der Waals surface area (Å²) in [7, 11) is 1.94. The lowest BCUT2D eigenvalue weighted by molar-refractivity contribution is -0.115. The van der Waals surface area contributed by atoms with Crippen LogP contribution in [0.25, 0.3) is 0 Å². The minimum absolute atomic E-state index is 0.0112. The lowest BCUT2D eigenvalue weighted by atomic mass is 10.2. The Labute approximate surface area is 170 Å². The molecule has 0 radical (unpaired) electrons. The number of aromatic nitrogens is 3. The van der Waals surface area contributed by atoms with Crippen LogP contribution in [0.1, 0.15) is 11.4 Å². The Kier molecular flexibility index (Phi) is 5.43. The number of carbonyl (C=O) groups excluding carboxylic acids is 1. The monoisotopic (exact) mass is 416 g/mol. The SMILES string of the molecule is Cn1c(CC2Sc3ccccc3NC2=O)nnc1SCc1ccc(Cl)cc1. The average Bonchev–Trinajstić information content (AvgIpc) is 3.02. The van der Waals surface area contributed by atoms with Gasteiger partial charge in [-0.2, -0.15) is 0 Å². The largest absolute Gasteiger partial charge is 0.324 e. The number of rotatable bonds is 5. The molecule has 27 heavy (non-hydrogen) atoms. The van der Waals surface area contributed by atoms with Crippen molar-refractivity contribution < 1.29 is 4.79 Å². The molecule has 4 rings (SSSR count). The molecule has 1 N–H and O–H groups in total. The Morgan fingerprint density at radius 1 is 1.19 bits per heavy atom. The maximum absolute atomic E-state index is 12.4. The molecule has 0 bridgehead atoms. The number of carbonyl (C=O) groups is 1. The van der Waals surface area contributed by atoms with Gasteiger partial charge >= 0.3 is 0 Å². The van der Waals surface area contributed by atoms with E-state index in [1.807, 2.05) is 60.1 Å². The van der Waals surface area contributed by atoms with Crippen LogP contribution in [0, 0.1) is 0 Å². The second-order valence-corrected chi connectivity index (χ2v) is 8.79. The lowest BCUT2D eigenvalue weighted by Gasteiger charge is -2.23. The number of para-hydroxylation sites is 1. The molecule has 2 heterocycles. The number of amides is 1. The maximum atomic E-state index is 12.4. The van der Waals surface area contributed by atoms with Gasteiger partial charge in [0.2, 0.25) is 5.91 Å². The van der Waals surface area contributed by atoms with Gasteiger partial charge in [-0.05, 0) is 29.8 Å². The first kappa shape index (κ1) is 18.4. The van der Waals surface area contributed by atoms with E-state index in [1.54, 1.807) is 23.5 Å². The molecule has 1 aliphatic heterocycles. The summed E-state index contributed by atoms with van der Waals surface area (Å²) < 4.78 is 1.97. The van der Waals surface area contributed by atoms with Gasteiger partial charge < -0.3 is 9.88 Å². The van der Waals surface area contributed by atoms with Crippen molar-refractivity contribution in [1.29, 1.82) is 0 Å². The van der Waals surface area contributed by atoms with Crippen LogP contribution in [0.5, 0.6) is 0 Å². The highest BCUT2D eigenvalue weighted by atomic mass is 35.5. The summed E-state index contributed by atoms with van der Waals surface area (Å²) in [4.78, 5) is 13.5. The summed E-state index contributed by atoms with van der Waals surface area (Å²) in [6.45, 7) is 0. The third kappa shape index (κ3) is 4.15. The molecule has 3 aromatic rings. The Hall–Kier alpha value is -1.96. The molecule has 0 saturated heterocycles. The van der Waals surface area contributed by atoms with Gasteiger partial charge in [0.05, 0.1) is 10.9 Å². The van der Waals surface area contributed by atoms with Crippen LogP contribution in [0.15, 0.2) is 58.6 Å². The number of nitrogens with one attached hydrogen (secondary N) is 1. The molecule has 138 valence electrons. The van der Waals surface area contributed by atoms with Crippen LogP contribution < -0.4 is 5.32 Å². The maximum Gasteiger partial charge on any atom is 0.238 e. The molecular formula is C19H17ClN4OS2. The second-order valence-electron chi connectivity index (χ2n) is 6.17. The van der Waals surface area contributed by atoms with Crippen molar-refractivity contribution in [3.8, 4) is 0 Å². The second kappa shape index (κ2) is 7.96. The van der Waals surface area contributed by atoms with E-state index in [0.29, 0.717) is 6.42 Å². The van der Waals surface area contributed by atoms with E-state index < -0.39 is 0 Å². The Morgan fingerprint density at radius 3 is 2.78 bits per heavy atom. The molecule has 2 aromatic carbocycles. The fourth-order valence-electron chi connectivity index (χ4n) is 2.77. The lowest BCUT2D eigenvalue weighted by Crippen LogP contribution is -2.31. The third-order valence-electron chi connectivity index (χ3n) is 4.28. The number of halogens is 1. The molecular weight excluding hydrogens is 400 g/mol. The smallest absolute Gasteiger partial charge is 0.238 e. The zero-order valence-electron chi connectivity index (χ0n) is 14.6. The fourth-order valence-corrected chi connectivity index (χ4v) is 4.89. The van der Waals surface area contributed by atoms with Gasteiger partial charge in [-0.15, -0.1) is 22.0 Å². The van der Waals surface area contributed by atoms with E-state index in [1.165, 1.54) is 5.56 Å². The van der Waals surface area contributed by atoms with E-state index in [2.05, 4.69) is 15.5 Å². The molecule has 0 saturated carbocycles. The summed E-state index contributed by atoms with van der Waals surface area (Å²) in [6.07, 6.45) is 0.538. The first-order valence-corrected chi connectivity index (χ1v) is 10.7. The molecule has 1 atom stereocenters. The van der Waals surface area contributed by atoms with Crippen LogP contribution in [-0.4, -0.2) is 25.9 Å². The molecule has 0 aliphatic carbocycles. The first-order valence-electron chi connectivity index (χ1n) is 8.42. The molecule has 1 amide bonds. The van der Waals surface area contributed by atoms with Gasteiger partial charge in [-0.1, -0.05) is 47.6 Å². The van der Waals surface area contributed by atoms with Crippen molar-refractivity contribution in [2.75, 3.05) is 5.32 Å². The number of nitrogens with zero attached hydrogens (tertiary/aromatic N) is 3. The summed E-state index contributed by atoms with van der Waals surface area (Å²) in [5, 5.41) is 12.9. The van der Waals surface area contributed by atoms with Gasteiger partial charge in [-0.25, -0.2) is 0 Å². The highest BCUT2D eigenvalue weighted by Gasteiger charge is 2.28. The van der Waals surface area contributed by atoms with Crippen LogP contribution in [-0.2, 0) is 24.0 Å². The number of benzene rings is 2. The van der Waals surface area contributed by atoms with Crippen molar-refractivity contribution in [2.45, 2.75) is 27.5 Å². The van der Waals surface area contributed by atoms with Gasteiger partial charge in [0.1, 0.15) is 5.82 Å². The minimum Gasteiger partial charge on any atom is -0.324 e. The molecule has 1 aromatic heterocycles. The Balaban J connectivity index is 1.43. The zero-order chi connectivity index (χ0) is 18.8. The molecule has 0 spiro atoms. The van der Waals surface area contributed by atoms with Gasteiger partial charge in [0.25, 0.3) is 0 Å². The summed E-state index contributed by atoms with van der Waals surface area (Å²) in [6, 6.07) is 15.6. The van der Waals surface area contributed by atoms with Crippen molar-refractivity contribution in [2.24, 2.45) is 7.05 Å².